The molecule has 0 bridgehead atoms. The summed E-state index contributed by atoms with van der Waals surface area (Å²) in [6, 6.07) is 5.77. The maximum absolute atomic E-state index is 13.0. The molecule has 2 fully saturated rings. The number of carboxylic acids is 1. The largest absolute Gasteiger partial charge is 0.490 e. The molecule has 34 heavy (non-hydrogen) atoms. The molecule has 2 aliphatic heterocycles. The number of pyridine rings is 1. The molecule has 0 aromatic carbocycles. The van der Waals surface area contributed by atoms with E-state index in [1.807, 2.05) is 35.4 Å². The number of nitrogens with zero attached hydrogens (tertiary/aromatic N) is 2. The van der Waals surface area contributed by atoms with Gasteiger partial charge in [0.25, 0.3) is 5.91 Å². The van der Waals surface area contributed by atoms with Crippen molar-refractivity contribution in [3.63, 3.8) is 0 Å². The number of hydrogen-bond donors (Lipinski definition) is 2. The van der Waals surface area contributed by atoms with Gasteiger partial charge in [-0.05, 0) is 48.4 Å². The Morgan fingerprint density at radius 1 is 1.35 bits per heavy atom. The molecule has 0 unspecified atom stereocenters. The number of aryl methyl sites for hydroxylation is 1. The van der Waals surface area contributed by atoms with Crippen LogP contribution >= 0.6 is 11.3 Å². The average molecular weight is 500 g/mol. The third-order valence-electron chi connectivity index (χ3n) is 5.51. The third kappa shape index (κ3) is 6.54. The molecule has 4 heterocycles. The van der Waals surface area contributed by atoms with Gasteiger partial charge in [-0.3, -0.25) is 14.6 Å². The van der Waals surface area contributed by atoms with Crippen molar-refractivity contribution in [2.24, 2.45) is 5.92 Å². The molecule has 0 radical (unpaired) electrons. The fourth-order valence-electron chi connectivity index (χ4n) is 3.89. The number of piperidine rings is 1. The molecule has 2 aliphatic rings. The third-order valence-corrected chi connectivity index (χ3v) is 6.55. The fourth-order valence-corrected chi connectivity index (χ4v) is 4.74. The lowest BCUT2D eigenvalue weighted by Gasteiger charge is -2.40. The van der Waals surface area contributed by atoms with Crippen LogP contribution < -0.4 is 5.32 Å². The number of likely N-dealkylation sites (tertiary alicyclic amines) is 1. The lowest BCUT2D eigenvalue weighted by Crippen LogP contribution is -2.54. The number of aliphatic carboxylic acids is 1. The van der Waals surface area contributed by atoms with Crippen LogP contribution in [0.2, 0.25) is 0 Å². The monoisotopic (exact) mass is 499 g/mol. The van der Waals surface area contributed by atoms with Crippen LogP contribution in [0.25, 0.3) is 0 Å². The number of hydrogen-bond acceptors (Lipinski definition) is 6. The molecule has 4 rings (SSSR count). The summed E-state index contributed by atoms with van der Waals surface area (Å²) in [7, 11) is 0. The van der Waals surface area contributed by atoms with E-state index < -0.39 is 12.1 Å². The van der Waals surface area contributed by atoms with E-state index >= 15 is 0 Å². The molecule has 0 spiro atoms. The number of carboxylic acid groups (broad SMARTS) is 1. The Balaban J connectivity index is 0.000000406. The number of ether oxygens (including phenoxy) is 1. The Bertz CT molecular complexity index is 1010. The molecule has 3 atom stereocenters. The zero-order valence-electron chi connectivity index (χ0n) is 18.2. The molecule has 12 heteroatoms. The van der Waals surface area contributed by atoms with Crippen molar-refractivity contribution in [2.45, 2.75) is 44.6 Å². The summed E-state index contributed by atoms with van der Waals surface area (Å²) < 4.78 is 37.6. The van der Waals surface area contributed by atoms with Gasteiger partial charge in [-0.15, -0.1) is 11.3 Å². The van der Waals surface area contributed by atoms with Crippen LogP contribution in [0.4, 0.5) is 13.2 Å². The topological polar surface area (TPSA) is 109 Å². The lowest BCUT2D eigenvalue weighted by molar-refractivity contribution is -0.192. The van der Waals surface area contributed by atoms with E-state index in [1.54, 1.807) is 12.4 Å². The average Bonchev–Trinajstić information content (AvgIpc) is 3.45. The summed E-state index contributed by atoms with van der Waals surface area (Å²) >= 11 is 1.46. The maximum Gasteiger partial charge on any atom is 0.490 e. The van der Waals surface area contributed by atoms with Gasteiger partial charge in [0.2, 0.25) is 5.91 Å². The quantitative estimate of drug-likeness (QED) is 0.670. The van der Waals surface area contributed by atoms with Crippen molar-refractivity contribution < 1.29 is 37.4 Å². The van der Waals surface area contributed by atoms with Gasteiger partial charge >= 0.3 is 12.1 Å². The highest BCUT2D eigenvalue weighted by Crippen LogP contribution is 2.33. The summed E-state index contributed by atoms with van der Waals surface area (Å²) in [5.41, 5.74) is 2.05. The minimum absolute atomic E-state index is 0.0124. The first kappa shape index (κ1) is 25.6. The molecule has 184 valence electrons. The standard InChI is InChI=1S/C20H23N3O3S.C2HF3O2/c1-13-7-18(27-12-13)20(25)23-11-15(8-17-16(23)4-6-26-17)19(24)22-10-14-3-2-5-21-9-14;3-2(4,5)1(6)7/h2-3,5,7,9,12,15-17H,4,6,8,10-11H2,1H3,(H,22,24);(H,6,7)/t15-,16-,17-;/m1./s1. The van der Waals surface area contributed by atoms with Crippen LogP contribution in [-0.4, -0.2) is 64.2 Å². The van der Waals surface area contributed by atoms with Crippen LogP contribution in [0.5, 0.6) is 0 Å². The summed E-state index contributed by atoms with van der Waals surface area (Å²) in [6.07, 6.45) is -0.189. The zero-order valence-corrected chi connectivity index (χ0v) is 19.1. The predicted molar refractivity (Wildman–Crippen MR) is 116 cm³/mol. The smallest absolute Gasteiger partial charge is 0.475 e. The van der Waals surface area contributed by atoms with E-state index in [0.717, 1.165) is 22.4 Å². The van der Waals surface area contributed by atoms with Crippen molar-refractivity contribution in [3.05, 3.63) is 52.0 Å². The Morgan fingerprint density at radius 3 is 2.68 bits per heavy atom. The highest BCUT2D eigenvalue weighted by atomic mass is 32.1. The Morgan fingerprint density at radius 2 is 2.09 bits per heavy atom. The van der Waals surface area contributed by atoms with Crippen molar-refractivity contribution >= 4 is 29.1 Å². The number of carbonyl (C=O) groups excluding carboxylic acids is 2. The Hall–Kier alpha value is -2.99. The van der Waals surface area contributed by atoms with E-state index in [9.17, 15) is 22.8 Å². The number of amides is 2. The number of rotatable bonds is 4. The molecule has 2 saturated heterocycles. The molecule has 2 aromatic rings. The number of carbonyl (C=O) groups is 3. The second-order valence-corrected chi connectivity index (χ2v) is 8.94. The molecular formula is C22H24F3N3O5S. The molecule has 2 aromatic heterocycles. The SMILES string of the molecule is Cc1csc(C(=O)N2C[C@H](C(=O)NCc3cccnc3)C[C@H]3OCC[C@H]32)c1.O=C(O)C(F)(F)F. The first-order valence-electron chi connectivity index (χ1n) is 10.5. The summed E-state index contributed by atoms with van der Waals surface area (Å²) in [4.78, 5) is 41.3. The van der Waals surface area contributed by atoms with Crippen molar-refractivity contribution in [3.8, 4) is 0 Å². The highest BCUT2D eigenvalue weighted by molar-refractivity contribution is 7.12. The number of nitrogens with one attached hydrogen (secondary N) is 1. The summed E-state index contributed by atoms with van der Waals surface area (Å²) in [6.45, 7) is 3.52. The Labute approximate surface area is 197 Å². The fraction of sp³-hybridized carbons (Fsp3) is 0.455. The molecule has 0 aliphatic carbocycles. The number of fused-ring (bicyclic) bond motifs is 1. The van der Waals surface area contributed by atoms with Crippen LogP contribution in [0.3, 0.4) is 0 Å². The van der Waals surface area contributed by atoms with Crippen LogP contribution in [0.1, 0.15) is 33.6 Å². The van der Waals surface area contributed by atoms with Gasteiger partial charge in [0.1, 0.15) is 0 Å². The first-order chi connectivity index (χ1) is 16.1. The van der Waals surface area contributed by atoms with E-state index in [0.29, 0.717) is 26.1 Å². The van der Waals surface area contributed by atoms with E-state index in [4.69, 9.17) is 14.6 Å². The van der Waals surface area contributed by atoms with Gasteiger partial charge in [0.05, 0.1) is 22.9 Å². The number of halogens is 3. The van der Waals surface area contributed by atoms with Gasteiger partial charge in [-0.2, -0.15) is 13.2 Å². The van der Waals surface area contributed by atoms with Gasteiger partial charge in [0.15, 0.2) is 0 Å². The first-order valence-corrected chi connectivity index (χ1v) is 11.4. The summed E-state index contributed by atoms with van der Waals surface area (Å²) in [5.74, 6) is -3.04. The van der Waals surface area contributed by atoms with Gasteiger partial charge in [-0.1, -0.05) is 6.07 Å². The summed E-state index contributed by atoms with van der Waals surface area (Å²) in [5, 5.41) is 12.1. The van der Waals surface area contributed by atoms with E-state index in [-0.39, 0.29) is 29.9 Å². The minimum atomic E-state index is -5.08. The Kier molecular flexibility index (Phi) is 8.26. The molecule has 2 N–H and O–H groups in total. The molecule has 8 nitrogen and oxygen atoms in total. The van der Waals surface area contributed by atoms with Crippen LogP contribution in [0, 0.1) is 12.8 Å². The predicted octanol–water partition coefficient (Wildman–Crippen LogP) is 3.02. The highest BCUT2D eigenvalue weighted by Gasteiger charge is 2.44. The lowest BCUT2D eigenvalue weighted by atomic mass is 9.89. The normalized spacial score (nSPS) is 21.8. The van der Waals surface area contributed by atoms with Crippen LogP contribution in [-0.2, 0) is 20.9 Å². The number of thiophene rings is 1. The zero-order chi connectivity index (χ0) is 24.9. The van der Waals surface area contributed by atoms with Gasteiger partial charge < -0.3 is 20.1 Å². The second-order valence-electron chi connectivity index (χ2n) is 8.03. The second kappa shape index (κ2) is 11.0. The van der Waals surface area contributed by atoms with Gasteiger partial charge in [-0.25, -0.2) is 4.79 Å². The van der Waals surface area contributed by atoms with Crippen molar-refractivity contribution in [1.82, 2.24) is 15.2 Å². The van der Waals surface area contributed by atoms with E-state index in [2.05, 4.69) is 10.3 Å². The molecule has 0 saturated carbocycles. The number of aromatic nitrogens is 1. The maximum atomic E-state index is 13.0. The van der Waals surface area contributed by atoms with Crippen LogP contribution in [0.15, 0.2) is 36.0 Å². The molecule has 2 amide bonds. The molecular weight excluding hydrogens is 475 g/mol. The van der Waals surface area contributed by atoms with Crippen molar-refractivity contribution in [2.75, 3.05) is 13.2 Å². The van der Waals surface area contributed by atoms with Crippen molar-refractivity contribution in [1.29, 1.82) is 0 Å². The number of alkyl halides is 3. The van der Waals surface area contributed by atoms with Gasteiger partial charge in [0, 0.05) is 32.1 Å². The minimum Gasteiger partial charge on any atom is -0.475 e. The van der Waals surface area contributed by atoms with E-state index in [1.165, 1.54) is 11.3 Å².